The minimum atomic E-state index is 0.290. The van der Waals surface area contributed by atoms with Crippen LogP contribution in [0.2, 0.25) is 0 Å². The Labute approximate surface area is 81.5 Å². The van der Waals surface area contributed by atoms with Crippen LogP contribution in [0.4, 0.5) is 0 Å². The van der Waals surface area contributed by atoms with Crippen LogP contribution in [0.25, 0.3) is 0 Å². The summed E-state index contributed by atoms with van der Waals surface area (Å²) in [4.78, 5) is 0. The lowest BCUT2D eigenvalue weighted by Gasteiger charge is -2.01. The Bertz CT molecular complexity index is 270. The second kappa shape index (κ2) is 4.11. The van der Waals surface area contributed by atoms with Gasteiger partial charge in [-0.1, -0.05) is 18.7 Å². The number of aromatic nitrogens is 2. The van der Waals surface area contributed by atoms with Gasteiger partial charge in [0.2, 0.25) is 5.89 Å². The molecule has 0 spiro atoms. The maximum Gasteiger partial charge on any atom is 0.276 e. The molecule has 0 saturated carbocycles. The molecule has 1 aromatic heterocycles. The van der Waals surface area contributed by atoms with Crippen molar-refractivity contribution >= 4 is 11.8 Å². The van der Waals surface area contributed by atoms with Crippen molar-refractivity contribution in [1.29, 1.82) is 0 Å². The molecule has 1 aliphatic rings. The maximum absolute atomic E-state index is 5.49. The van der Waals surface area contributed by atoms with Crippen molar-refractivity contribution in [2.24, 2.45) is 0 Å². The van der Waals surface area contributed by atoms with Gasteiger partial charge in [0, 0.05) is 0 Å². The predicted molar refractivity (Wildman–Crippen MR) is 50.7 cm³/mol. The van der Waals surface area contributed by atoms with Gasteiger partial charge in [-0.2, -0.15) is 0 Å². The smallest absolute Gasteiger partial charge is 0.276 e. The molecule has 1 N–H and O–H groups in total. The van der Waals surface area contributed by atoms with E-state index in [1.54, 1.807) is 11.8 Å². The summed E-state index contributed by atoms with van der Waals surface area (Å²) in [5.41, 5.74) is 0. The van der Waals surface area contributed by atoms with E-state index in [1.165, 1.54) is 6.42 Å². The Morgan fingerprint density at radius 2 is 2.54 bits per heavy atom. The van der Waals surface area contributed by atoms with Gasteiger partial charge < -0.3 is 9.73 Å². The average Bonchev–Trinajstić information content (AvgIpc) is 2.70. The normalized spacial score (nSPS) is 22.4. The molecule has 0 aromatic carbocycles. The molecule has 1 aliphatic heterocycles. The highest BCUT2D eigenvalue weighted by atomic mass is 32.2. The number of rotatable bonds is 3. The zero-order valence-corrected chi connectivity index (χ0v) is 8.43. The molecule has 13 heavy (non-hydrogen) atoms. The van der Waals surface area contributed by atoms with Crippen LogP contribution in [0.3, 0.4) is 0 Å². The number of hydrogen-bond acceptors (Lipinski definition) is 5. The van der Waals surface area contributed by atoms with Crippen LogP contribution >= 0.6 is 11.8 Å². The molecule has 0 amide bonds. The number of nitrogens with zero attached hydrogens (tertiary/aromatic N) is 2. The van der Waals surface area contributed by atoms with Gasteiger partial charge in [-0.25, -0.2) is 0 Å². The van der Waals surface area contributed by atoms with Gasteiger partial charge in [-0.05, 0) is 25.1 Å². The SMILES string of the molecule is CCSc1nnc([C@@H]2CCCN2)o1. The van der Waals surface area contributed by atoms with E-state index >= 15 is 0 Å². The largest absolute Gasteiger partial charge is 0.414 e. The van der Waals surface area contributed by atoms with E-state index in [9.17, 15) is 0 Å². The van der Waals surface area contributed by atoms with Crippen LogP contribution in [0.5, 0.6) is 0 Å². The topological polar surface area (TPSA) is 51.0 Å². The fraction of sp³-hybridized carbons (Fsp3) is 0.750. The van der Waals surface area contributed by atoms with Crippen molar-refractivity contribution in [2.75, 3.05) is 12.3 Å². The molecule has 1 aromatic rings. The Morgan fingerprint density at radius 1 is 1.62 bits per heavy atom. The van der Waals surface area contributed by atoms with E-state index in [0.29, 0.717) is 11.3 Å². The summed E-state index contributed by atoms with van der Waals surface area (Å²) in [6.45, 7) is 3.13. The van der Waals surface area contributed by atoms with E-state index in [1.807, 2.05) is 0 Å². The van der Waals surface area contributed by atoms with E-state index in [0.717, 1.165) is 24.6 Å². The lowest BCUT2D eigenvalue weighted by atomic mass is 10.2. The van der Waals surface area contributed by atoms with Crippen molar-refractivity contribution in [1.82, 2.24) is 15.5 Å². The first kappa shape index (κ1) is 9.02. The molecular formula is C8H13N3OS. The van der Waals surface area contributed by atoms with Gasteiger partial charge in [0.15, 0.2) is 0 Å². The van der Waals surface area contributed by atoms with Crippen molar-refractivity contribution in [2.45, 2.75) is 31.0 Å². The van der Waals surface area contributed by atoms with E-state index < -0.39 is 0 Å². The van der Waals surface area contributed by atoms with Crippen LogP contribution in [0.15, 0.2) is 9.64 Å². The first-order valence-electron chi connectivity index (χ1n) is 4.59. The van der Waals surface area contributed by atoms with Gasteiger partial charge >= 0.3 is 0 Å². The van der Waals surface area contributed by atoms with Gasteiger partial charge in [-0.3, -0.25) is 0 Å². The highest BCUT2D eigenvalue weighted by Crippen LogP contribution is 2.24. The molecule has 0 unspecified atom stereocenters. The van der Waals surface area contributed by atoms with Crippen LogP contribution < -0.4 is 5.32 Å². The zero-order valence-electron chi connectivity index (χ0n) is 7.62. The standard InChI is InChI=1S/C8H13N3OS/c1-2-13-8-11-10-7(12-8)6-4-3-5-9-6/h6,9H,2-5H2,1H3/t6-/m0/s1. The van der Waals surface area contributed by atoms with Crippen LogP contribution in [0, 0.1) is 0 Å². The highest BCUT2D eigenvalue weighted by Gasteiger charge is 2.21. The fourth-order valence-corrected chi connectivity index (χ4v) is 1.93. The molecule has 2 heterocycles. The molecule has 0 radical (unpaired) electrons. The zero-order chi connectivity index (χ0) is 9.10. The molecule has 72 valence electrons. The van der Waals surface area contributed by atoms with E-state index in [2.05, 4.69) is 22.4 Å². The monoisotopic (exact) mass is 199 g/mol. The molecule has 4 nitrogen and oxygen atoms in total. The van der Waals surface area contributed by atoms with Crippen LogP contribution in [0.1, 0.15) is 31.7 Å². The molecule has 1 saturated heterocycles. The Balaban J connectivity index is 2.03. The van der Waals surface area contributed by atoms with Gasteiger partial charge in [0.05, 0.1) is 6.04 Å². The third kappa shape index (κ3) is 2.03. The van der Waals surface area contributed by atoms with Crippen LogP contribution in [-0.4, -0.2) is 22.5 Å². The molecule has 0 bridgehead atoms. The highest BCUT2D eigenvalue weighted by molar-refractivity contribution is 7.99. The predicted octanol–water partition coefficient (Wildman–Crippen LogP) is 1.61. The van der Waals surface area contributed by atoms with Crippen molar-refractivity contribution in [3.05, 3.63) is 5.89 Å². The quantitative estimate of drug-likeness (QED) is 0.749. The fourth-order valence-electron chi connectivity index (χ4n) is 1.44. The minimum absolute atomic E-state index is 0.290. The van der Waals surface area contributed by atoms with E-state index in [4.69, 9.17) is 4.42 Å². The van der Waals surface area contributed by atoms with Crippen molar-refractivity contribution in [3.8, 4) is 0 Å². The summed E-state index contributed by atoms with van der Waals surface area (Å²) < 4.78 is 5.49. The molecule has 1 atom stereocenters. The number of nitrogens with one attached hydrogen (secondary N) is 1. The van der Waals surface area contributed by atoms with Crippen molar-refractivity contribution in [3.63, 3.8) is 0 Å². The molecule has 2 rings (SSSR count). The first-order chi connectivity index (χ1) is 6.40. The average molecular weight is 199 g/mol. The summed E-state index contributed by atoms with van der Waals surface area (Å²) in [6, 6.07) is 0.290. The van der Waals surface area contributed by atoms with Gasteiger partial charge in [0.1, 0.15) is 0 Å². The molecule has 1 fully saturated rings. The summed E-state index contributed by atoms with van der Waals surface area (Å²) in [5, 5.41) is 12.0. The third-order valence-corrected chi connectivity index (χ3v) is 2.75. The van der Waals surface area contributed by atoms with Crippen molar-refractivity contribution < 1.29 is 4.42 Å². The lowest BCUT2D eigenvalue weighted by Crippen LogP contribution is -2.12. The second-order valence-electron chi connectivity index (χ2n) is 2.99. The second-order valence-corrected chi connectivity index (χ2v) is 4.20. The summed E-state index contributed by atoms with van der Waals surface area (Å²) in [7, 11) is 0. The number of hydrogen-bond donors (Lipinski definition) is 1. The number of thioether (sulfide) groups is 1. The Morgan fingerprint density at radius 3 is 3.23 bits per heavy atom. The first-order valence-corrected chi connectivity index (χ1v) is 5.58. The summed E-state index contributed by atoms with van der Waals surface area (Å²) in [6.07, 6.45) is 2.31. The molecule has 0 aliphatic carbocycles. The Kier molecular flexibility index (Phi) is 2.85. The lowest BCUT2D eigenvalue weighted by molar-refractivity contribution is 0.374. The Hall–Kier alpha value is -0.550. The summed E-state index contributed by atoms with van der Waals surface area (Å²) in [5.74, 6) is 1.72. The molecular weight excluding hydrogens is 186 g/mol. The van der Waals surface area contributed by atoms with Crippen LogP contribution in [-0.2, 0) is 0 Å². The minimum Gasteiger partial charge on any atom is -0.414 e. The molecule has 5 heteroatoms. The van der Waals surface area contributed by atoms with E-state index in [-0.39, 0.29) is 0 Å². The summed E-state index contributed by atoms with van der Waals surface area (Å²) >= 11 is 1.59. The van der Waals surface area contributed by atoms with Gasteiger partial charge in [0.25, 0.3) is 5.22 Å². The van der Waals surface area contributed by atoms with Gasteiger partial charge in [-0.15, -0.1) is 10.2 Å². The third-order valence-electron chi connectivity index (χ3n) is 2.05. The maximum atomic E-state index is 5.49.